The smallest absolute Gasteiger partial charge is 0.263 e. The maximum absolute atomic E-state index is 13.3. The van der Waals surface area contributed by atoms with E-state index in [1.165, 1.54) is 17.8 Å². The number of piperidine rings is 1. The highest BCUT2D eigenvalue weighted by Crippen LogP contribution is 2.30. The highest BCUT2D eigenvalue weighted by Gasteiger charge is 2.23. The SMILES string of the molecule is CCn1cc(C2CCN(c3ccc(S(=O)(=O)Nc4ccc(F)c(F)c4)cn3)CC2)cn1. The van der Waals surface area contributed by atoms with Crippen LogP contribution in [-0.4, -0.2) is 36.3 Å². The molecule has 1 saturated heterocycles. The zero-order valence-corrected chi connectivity index (χ0v) is 17.8. The van der Waals surface area contributed by atoms with E-state index in [4.69, 9.17) is 0 Å². The lowest BCUT2D eigenvalue weighted by atomic mass is 9.91. The van der Waals surface area contributed by atoms with Crippen molar-refractivity contribution in [2.24, 2.45) is 0 Å². The highest BCUT2D eigenvalue weighted by atomic mass is 32.2. The molecule has 2 aromatic heterocycles. The lowest BCUT2D eigenvalue weighted by Gasteiger charge is -2.32. The Morgan fingerprint density at radius 2 is 1.87 bits per heavy atom. The van der Waals surface area contributed by atoms with Gasteiger partial charge in [-0.3, -0.25) is 9.40 Å². The van der Waals surface area contributed by atoms with E-state index < -0.39 is 21.7 Å². The van der Waals surface area contributed by atoms with Gasteiger partial charge < -0.3 is 4.90 Å². The molecule has 164 valence electrons. The van der Waals surface area contributed by atoms with Crippen LogP contribution in [0.15, 0.2) is 53.8 Å². The first-order valence-electron chi connectivity index (χ1n) is 10.1. The second-order valence-corrected chi connectivity index (χ2v) is 9.16. The fourth-order valence-corrected chi connectivity index (χ4v) is 4.69. The van der Waals surface area contributed by atoms with Gasteiger partial charge in [0.2, 0.25) is 0 Å². The van der Waals surface area contributed by atoms with E-state index in [1.54, 1.807) is 6.07 Å². The van der Waals surface area contributed by atoms with Crippen molar-refractivity contribution in [3.63, 3.8) is 0 Å². The molecule has 31 heavy (non-hydrogen) atoms. The fraction of sp³-hybridized carbons (Fsp3) is 0.333. The molecule has 7 nitrogen and oxygen atoms in total. The number of sulfonamides is 1. The van der Waals surface area contributed by atoms with Gasteiger partial charge in [0.15, 0.2) is 11.6 Å². The van der Waals surface area contributed by atoms with Gasteiger partial charge in [-0.2, -0.15) is 5.10 Å². The zero-order chi connectivity index (χ0) is 22.0. The molecule has 0 aliphatic carbocycles. The number of nitrogens with zero attached hydrogens (tertiary/aromatic N) is 4. The molecule has 1 fully saturated rings. The first kappa shape index (κ1) is 21.2. The normalized spacial score (nSPS) is 15.3. The van der Waals surface area contributed by atoms with Crippen molar-refractivity contribution in [3.05, 3.63) is 66.1 Å². The van der Waals surface area contributed by atoms with Crippen LogP contribution in [-0.2, 0) is 16.6 Å². The minimum absolute atomic E-state index is 0.0529. The van der Waals surface area contributed by atoms with Gasteiger partial charge in [0, 0.05) is 38.1 Å². The molecule has 4 rings (SSSR count). The van der Waals surface area contributed by atoms with Crippen LogP contribution in [0.3, 0.4) is 0 Å². The molecule has 0 bridgehead atoms. The predicted molar refractivity (Wildman–Crippen MR) is 113 cm³/mol. The Balaban J connectivity index is 1.40. The third-order valence-corrected chi connectivity index (χ3v) is 6.84. The number of nitrogens with one attached hydrogen (secondary N) is 1. The van der Waals surface area contributed by atoms with Crippen molar-refractivity contribution < 1.29 is 17.2 Å². The molecule has 1 aliphatic rings. The molecule has 0 spiro atoms. The molecular formula is C21H23F2N5O2S. The molecule has 1 aliphatic heterocycles. The Kier molecular flexibility index (Phi) is 5.90. The molecule has 3 heterocycles. The topological polar surface area (TPSA) is 80.1 Å². The molecule has 10 heteroatoms. The number of aromatic nitrogens is 3. The maximum Gasteiger partial charge on any atom is 0.263 e. The third-order valence-electron chi connectivity index (χ3n) is 5.47. The molecule has 0 atom stereocenters. The Morgan fingerprint density at radius 3 is 2.48 bits per heavy atom. The monoisotopic (exact) mass is 447 g/mol. The second kappa shape index (κ2) is 8.62. The van der Waals surface area contributed by atoms with Gasteiger partial charge in [-0.05, 0) is 55.5 Å². The largest absolute Gasteiger partial charge is 0.357 e. The molecule has 0 amide bonds. The van der Waals surface area contributed by atoms with Crippen molar-refractivity contribution in [3.8, 4) is 0 Å². The molecule has 0 saturated carbocycles. The van der Waals surface area contributed by atoms with Crippen LogP contribution in [0.1, 0.15) is 31.2 Å². The molecule has 0 unspecified atom stereocenters. The van der Waals surface area contributed by atoms with Gasteiger partial charge >= 0.3 is 0 Å². The number of benzene rings is 1. The van der Waals surface area contributed by atoms with Crippen LogP contribution in [0, 0.1) is 11.6 Å². The average Bonchev–Trinajstić information content (AvgIpc) is 3.26. The van der Waals surface area contributed by atoms with Gasteiger partial charge in [0.25, 0.3) is 10.0 Å². The van der Waals surface area contributed by atoms with Crippen LogP contribution < -0.4 is 9.62 Å². The van der Waals surface area contributed by atoms with Crippen LogP contribution >= 0.6 is 0 Å². The van der Waals surface area contributed by atoms with Crippen molar-refractivity contribution in [1.29, 1.82) is 0 Å². The summed E-state index contributed by atoms with van der Waals surface area (Å²) in [6, 6.07) is 5.94. The highest BCUT2D eigenvalue weighted by molar-refractivity contribution is 7.92. The van der Waals surface area contributed by atoms with E-state index in [-0.39, 0.29) is 10.6 Å². The standard InChI is InChI=1S/C21H23F2N5O2S/c1-2-28-14-16(12-25-28)15-7-9-27(10-8-15)21-6-4-18(13-24-21)31(29,30)26-17-3-5-19(22)20(23)11-17/h3-6,11-15,26H,2,7-10H2,1H3. The number of halogens is 2. The summed E-state index contributed by atoms with van der Waals surface area (Å²) in [4.78, 5) is 6.39. The van der Waals surface area contributed by atoms with E-state index in [0.29, 0.717) is 11.7 Å². The Hall–Kier alpha value is -3.01. The molecule has 0 radical (unpaired) electrons. The van der Waals surface area contributed by atoms with Crippen LogP contribution in [0.5, 0.6) is 0 Å². The number of hydrogen-bond acceptors (Lipinski definition) is 5. The van der Waals surface area contributed by atoms with Gasteiger partial charge in [-0.15, -0.1) is 0 Å². The Bertz CT molecular complexity index is 1160. The summed E-state index contributed by atoms with van der Waals surface area (Å²) in [5.74, 6) is -1.01. The number of hydrogen-bond donors (Lipinski definition) is 1. The Morgan fingerprint density at radius 1 is 1.10 bits per heavy atom. The third kappa shape index (κ3) is 4.68. The van der Waals surface area contributed by atoms with Crippen LogP contribution in [0.25, 0.3) is 0 Å². The van der Waals surface area contributed by atoms with Gasteiger partial charge in [0.1, 0.15) is 10.7 Å². The fourth-order valence-electron chi connectivity index (χ4n) is 3.70. The lowest BCUT2D eigenvalue weighted by molar-refractivity contribution is 0.502. The van der Waals surface area contributed by atoms with E-state index in [2.05, 4.69) is 32.8 Å². The number of rotatable bonds is 6. The summed E-state index contributed by atoms with van der Waals surface area (Å²) in [5.41, 5.74) is 1.19. The van der Waals surface area contributed by atoms with Crippen molar-refractivity contribution in [2.75, 3.05) is 22.7 Å². The summed E-state index contributed by atoms with van der Waals surface area (Å²) in [6.45, 7) is 4.54. The van der Waals surface area contributed by atoms with Crippen LogP contribution in [0.2, 0.25) is 0 Å². The summed E-state index contributed by atoms with van der Waals surface area (Å²) in [7, 11) is -3.96. The van der Waals surface area contributed by atoms with Crippen molar-refractivity contribution >= 4 is 21.5 Å². The molecule has 3 aromatic rings. The number of aryl methyl sites for hydroxylation is 1. The van der Waals surface area contributed by atoms with Crippen LogP contribution in [0.4, 0.5) is 20.3 Å². The number of anilines is 2. The average molecular weight is 448 g/mol. The van der Waals surface area contributed by atoms with E-state index in [9.17, 15) is 17.2 Å². The van der Waals surface area contributed by atoms with Gasteiger partial charge in [0.05, 0.1) is 11.9 Å². The maximum atomic E-state index is 13.3. The Labute approximate surface area is 179 Å². The summed E-state index contributed by atoms with van der Waals surface area (Å²) in [5, 5.41) is 4.35. The van der Waals surface area contributed by atoms with Gasteiger partial charge in [-0.1, -0.05) is 0 Å². The predicted octanol–water partition coefficient (Wildman–Crippen LogP) is 3.76. The van der Waals surface area contributed by atoms with Crippen molar-refractivity contribution in [2.45, 2.75) is 37.1 Å². The van der Waals surface area contributed by atoms with E-state index in [0.717, 1.165) is 50.7 Å². The number of pyridine rings is 1. The van der Waals surface area contributed by atoms with Gasteiger partial charge in [-0.25, -0.2) is 22.2 Å². The molecule has 1 aromatic carbocycles. The second-order valence-electron chi connectivity index (χ2n) is 7.48. The zero-order valence-electron chi connectivity index (χ0n) is 17.0. The molecule has 1 N–H and O–H groups in total. The van der Waals surface area contributed by atoms with Crippen molar-refractivity contribution in [1.82, 2.24) is 14.8 Å². The minimum Gasteiger partial charge on any atom is -0.357 e. The first-order chi connectivity index (χ1) is 14.9. The summed E-state index contributed by atoms with van der Waals surface area (Å²) >= 11 is 0. The quantitative estimate of drug-likeness (QED) is 0.622. The summed E-state index contributed by atoms with van der Waals surface area (Å²) < 4.78 is 55.6. The minimum atomic E-state index is -3.96. The molecular weight excluding hydrogens is 424 g/mol. The lowest BCUT2D eigenvalue weighted by Crippen LogP contribution is -2.33. The summed E-state index contributed by atoms with van der Waals surface area (Å²) in [6.07, 6.45) is 7.23. The van der Waals surface area contributed by atoms with E-state index >= 15 is 0 Å². The first-order valence-corrected chi connectivity index (χ1v) is 11.6. The van der Waals surface area contributed by atoms with E-state index in [1.807, 2.05) is 10.9 Å².